The Balaban J connectivity index is 3.36. The normalized spacial score (nSPS) is 17.1. The summed E-state index contributed by atoms with van der Waals surface area (Å²) < 4.78 is 0. The first-order chi connectivity index (χ1) is 5.18. The van der Waals surface area contributed by atoms with Gasteiger partial charge in [-0.25, -0.2) is 0 Å². The van der Waals surface area contributed by atoms with Crippen LogP contribution in [0.25, 0.3) is 0 Å². The van der Waals surface area contributed by atoms with Crippen LogP contribution < -0.4 is 0 Å². The molecule has 0 aromatic carbocycles. The van der Waals surface area contributed by atoms with Crippen LogP contribution in [0.5, 0.6) is 0 Å². The van der Waals surface area contributed by atoms with E-state index in [2.05, 4.69) is 0 Å². The van der Waals surface area contributed by atoms with Crippen LogP contribution in [0.3, 0.4) is 0 Å². The number of aliphatic hydroxyl groups is 2. The van der Waals surface area contributed by atoms with Gasteiger partial charge >= 0.3 is 0 Å². The Kier molecular flexibility index (Phi) is 6.18. The fourth-order valence-corrected chi connectivity index (χ4v) is 0.700. The zero-order valence-electron chi connectivity index (χ0n) is 7.33. The SMILES string of the molecule is CC(CC=CCCO)[C@H](C)O. The van der Waals surface area contributed by atoms with E-state index in [1.165, 1.54) is 0 Å². The molecule has 2 atom stereocenters. The Hall–Kier alpha value is -0.340. The van der Waals surface area contributed by atoms with Gasteiger partial charge in [-0.3, -0.25) is 0 Å². The quantitative estimate of drug-likeness (QED) is 0.593. The van der Waals surface area contributed by atoms with Crippen molar-refractivity contribution in [1.82, 2.24) is 0 Å². The second-order valence-electron chi connectivity index (χ2n) is 2.94. The van der Waals surface area contributed by atoms with E-state index in [9.17, 15) is 0 Å². The summed E-state index contributed by atoms with van der Waals surface area (Å²) in [6.07, 6.45) is 5.31. The molecule has 0 rings (SSSR count). The van der Waals surface area contributed by atoms with Crippen molar-refractivity contribution in [2.45, 2.75) is 32.8 Å². The molecule has 0 aliphatic rings. The minimum Gasteiger partial charge on any atom is -0.396 e. The van der Waals surface area contributed by atoms with Crippen LogP contribution in [0.1, 0.15) is 26.7 Å². The number of hydrogen-bond acceptors (Lipinski definition) is 2. The number of aliphatic hydroxyl groups excluding tert-OH is 2. The first-order valence-corrected chi connectivity index (χ1v) is 4.12. The van der Waals surface area contributed by atoms with Crippen molar-refractivity contribution < 1.29 is 10.2 Å². The molecule has 0 aliphatic heterocycles. The van der Waals surface area contributed by atoms with E-state index in [1.807, 2.05) is 19.1 Å². The van der Waals surface area contributed by atoms with Gasteiger partial charge < -0.3 is 10.2 Å². The zero-order valence-corrected chi connectivity index (χ0v) is 7.33. The molecule has 0 fully saturated rings. The summed E-state index contributed by atoms with van der Waals surface area (Å²) >= 11 is 0. The Morgan fingerprint density at radius 2 is 1.91 bits per heavy atom. The lowest BCUT2D eigenvalue weighted by atomic mass is 10.0. The minimum atomic E-state index is -0.242. The highest BCUT2D eigenvalue weighted by Gasteiger charge is 2.04. The Morgan fingerprint density at radius 3 is 2.36 bits per heavy atom. The second-order valence-corrected chi connectivity index (χ2v) is 2.94. The van der Waals surface area contributed by atoms with E-state index in [1.54, 1.807) is 6.92 Å². The highest BCUT2D eigenvalue weighted by Crippen LogP contribution is 2.07. The van der Waals surface area contributed by atoms with Crippen molar-refractivity contribution >= 4 is 0 Å². The molecule has 0 aromatic heterocycles. The van der Waals surface area contributed by atoms with Crippen LogP contribution >= 0.6 is 0 Å². The highest BCUT2D eigenvalue weighted by molar-refractivity contribution is 4.83. The van der Waals surface area contributed by atoms with Crippen molar-refractivity contribution in [3.63, 3.8) is 0 Å². The Bertz CT molecular complexity index is 108. The van der Waals surface area contributed by atoms with Gasteiger partial charge in [-0.1, -0.05) is 19.1 Å². The van der Waals surface area contributed by atoms with Crippen molar-refractivity contribution in [1.29, 1.82) is 0 Å². The smallest absolute Gasteiger partial charge is 0.0540 e. The van der Waals surface area contributed by atoms with E-state index in [-0.39, 0.29) is 12.7 Å². The summed E-state index contributed by atoms with van der Waals surface area (Å²) in [7, 11) is 0. The lowest BCUT2D eigenvalue weighted by Crippen LogP contribution is -2.11. The standard InChI is InChI=1S/C9H18O2/c1-8(9(2)11)6-4-3-5-7-10/h3-4,8-11H,5-7H2,1-2H3/t8?,9-/m0/s1. The maximum Gasteiger partial charge on any atom is 0.0540 e. The molecule has 2 N–H and O–H groups in total. The van der Waals surface area contributed by atoms with Crippen molar-refractivity contribution in [3.8, 4) is 0 Å². The van der Waals surface area contributed by atoms with Crippen LogP contribution in [0.4, 0.5) is 0 Å². The van der Waals surface area contributed by atoms with Gasteiger partial charge in [0.15, 0.2) is 0 Å². The second kappa shape index (κ2) is 6.38. The lowest BCUT2D eigenvalue weighted by molar-refractivity contribution is 0.136. The molecule has 1 unspecified atom stereocenters. The van der Waals surface area contributed by atoms with Gasteiger partial charge in [-0.2, -0.15) is 0 Å². The van der Waals surface area contributed by atoms with E-state index in [4.69, 9.17) is 10.2 Å². The molecule has 0 aromatic rings. The Labute approximate surface area is 68.6 Å². The zero-order chi connectivity index (χ0) is 8.69. The summed E-state index contributed by atoms with van der Waals surface area (Å²) in [5.74, 6) is 0.310. The van der Waals surface area contributed by atoms with Gasteiger partial charge in [0.2, 0.25) is 0 Å². The summed E-state index contributed by atoms with van der Waals surface area (Å²) in [6.45, 7) is 4.01. The van der Waals surface area contributed by atoms with Gasteiger partial charge in [0.25, 0.3) is 0 Å². The predicted molar refractivity (Wildman–Crippen MR) is 46.3 cm³/mol. The maximum absolute atomic E-state index is 9.09. The fourth-order valence-electron chi connectivity index (χ4n) is 0.700. The first kappa shape index (κ1) is 10.7. The molecule has 66 valence electrons. The predicted octanol–water partition coefficient (Wildman–Crippen LogP) is 1.33. The van der Waals surface area contributed by atoms with E-state index < -0.39 is 0 Å². The maximum atomic E-state index is 9.09. The molecule has 2 heteroatoms. The van der Waals surface area contributed by atoms with Crippen molar-refractivity contribution in [2.75, 3.05) is 6.61 Å². The van der Waals surface area contributed by atoms with Crippen LogP contribution in [-0.4, -0.2) is 22.9 Å². The number of rotatable bonds is 5. The molecule has 11 heavy (non-hydrogen) atoms. The van der Waals surface area contributed by atoms with Gasteiger partial charge in [0.05, 0.1) is 6.10 Å². The summed E-state index contributed by atoms with van der Waals surface area (Å²) in [6, 6.07) is 0. The molecule has 0 amide bonds. The average molecular weight is 158 g/mol. The molecule has 0 radical (unpaired) electrons. The number of hydrogen-bond donors (Lipinski definition) is 2. The average Bonchev–Trinajstić information content (AvgIpc) is 1.97. The lowest BCUT2D eigenvalue weighted by Gasteiger charge is -2.10. The topological polar surface area (TPSA) is 40.5 Å². The molecule has 2 nitrogen and oxygen atoms in total. The van der Waals surface area contributed by atoms with Crippen molar-refractivity contribution in [2.24, 2.45) is 5.92 Å². The third kappa shape index (κ3) is 6.07. The van der Waals surface area contributed by atoms with E-state index in [0.29, 0.717) is 12.3 Å². The van der Waals surface area contributed by atoms with Crippen LogP contribution in [0.2, 0.25) is 0 Å². The molecule has 0 spiro atoms. The highest BCUT2D eigenvalue weighted by atomic mass is 16.3. The summed E-state index contributed by atoms with van der Waals surface area (Å²) in [5.41, 5.74) is 0. The molecule has 0 saturated carbocycles. The minimum absolute atomic E-state index is 0.208. The van der Waals surface area contributed by atoms with Gasteiger partial charge in [-0.15, -0.1) is 0 Å². The van der Waals surface area contributed by atoms with Crippen molar-refractivity contribution in [3.05, 3.63) is 12.2 Å². The van der Waals surface area contributed by atoms with E-state index in [0.717, 1.165) is 6.42 Å². The number of allylic oxidation sites excluding steroid dienone is 1. The third-order valence-corrected chi connectivity index (χ3v) is 1.79. The summed E-state index contributed by atoms with van der Waals surface area (Å²) in [4.78, 5) is 0. The van der Waals surface area contributed by atoms with Crippen LogP contribution in [0, 0.1) is 5.92 Å². The van der Waals surface area contributed by atoms with Crippen LogP contribution in [-0.2, 0) is 0 Å². The summed E-state index contributed by atoms with van der Waals surface area (Å²) in [5, 5.41) is 17.5. The fraction of sp³-hybridized carbons (Fsp3) is 0.778. The molecular formula is C9H18O2. The largest absolute Gasteiger partial charge is 0.396 e. The molecule has 0 heterocycles. The van der Waals surface area contributed by atoms with E-state index >= 15 is 0 Å². The van der Waals surface area contributed by atoms with Gasteiger partial charge in [0.1, 0.15) is 0 Å². The van der Waals surface area contributed by atoms with Gasteiger partial charge in [-0.05, 0) is 25.7 Å². The molecule has 0 saturated heterocycles. The molecule has 0 aliphatic carbocycles. The molecular weight excluding hydrogens is 140 g/mol. The Morgan fingerprint density at radius 1 is 1.27 bits per heavy atom. The van der Waals surface area contributed by atoms with Crippen LogP contribution in [0.15, 0.2) is 12.2 Å². The monoisotopic (exact) mass is 158 g/mol. The molecule has 0 bridgehead atoms. The first-order valence-electron chi connectivity index (χ1n) is 4.12. The third-order valence-electron chi connectivity index (χ3n) is 1.79. The van der Waals surface area contributed by atoms with Gasteiger partial charge in [0, 0.05) is 6.61 Å².